The number of ether oxygens (including phenoxy) is 2. The first kappa shape index (κ1) is 22.9. The summed E-state index contributed by atoms with van der Waals surface area (Å²) in [5.74, 6) is 0.228. The van der Waals surface area contributed by atoms with Gasteiger partial charge in [0.2, 0.25) is 0 Å². The van der Waals surface area contributed by atoms with Crippen LogP contribution in [0.1, 0.15) is 43.0 Å². The Morgan fingerprint density at radius 2 is 1.84 bits per heavy atom. The number of aryl methyl sites for hydroxylation is 1. The molecule has 8 heteroatoms. The zero-order valence-corrected chi connectivity index (χ0v) is 19.5. The maximum atomic E-state index is 13.1. The number of hydrogen-bond donors (Lipinski definition) is 2. The van der Waals surface area contributed by atoms with Crippen LogP contribution >= 0.6 is 15.9 Å². The lowest BCUT2D eigenvalue weighted by Crippen LogP contribution is -2.43. The number of nitrogens with zero attached hydrogens (tertiary/aromatic N) is 1. The van der Waals surface area contributed by atoms with Crippen molar-refractivity contribution in [2.24, 2.45) is 0 Å². The van der Waals surface area contributed by atoms with Gasteiger partial charge in [0.1, 0.15) is 0 Å². The van der Waals surface area contributed by atoms with Gasteiger partial charge in [-0.2, -0.15) is 0 Å². The van der Waals surface area contributed by atoms with Crippen LogP contribution in [0.4, 0.5) is 10.5 Å². The van der Waals surface area contributed by atoms with Gasteiger partial charge in [0.05, 0.1) is 25.7 Å². The van der Waals surface area contributed by atoms with Gasteiger partial charge in [-0.1, -0.05) is 15.9 Å². The van der Waals surface area contributed by atoms with E-state index in [1.807, 2.05) is 45.0 Å². The molecule has 1 aliphatic heterocycles. The number of hydrogen-bond acceptors (Lipinski definition) is 4. The minimum absolute atomic E-state index is 0.195. The molecule has 1 heterocycles. The van der Waals surface area contributed by atoms with Crippen LogP contribution in [0.3, 0.4) is 0 Å². The first-order chi connectivity index (χ1) is 14.8. The second kappa shape index (κ2) is 10.0. The Hall–Kier alpha value is -2.74. The van der Waals surface area contributed by atoms with Crippen molar-refractivity contribution in [3.63, 3.8) is 0 Å². The van der Waals surface area contributed by atoms with E-state index in [4.69, 9.17) is 9.47 Å². The average Bonchev–Trinajstić information content (AvgIpc) is 2.71. The number of urea groups is 1. The summed E-state index contributed by atoms with van der Waals surface area (Å²) in [6, 6.07) is 8.34. The van der Waals surface area contributed by atoms with Gasteiger partial charge in [-0.3, -0.25) is 4.79 Å². The Morgan fingerprint density at radius 1 is 1.16 bits per heavy atom. The molecule has 0 saturated carbocycles. The summed E-state index contributed by atoms with van der Waals surface area (Å²) < 4.78 is 12.4. The largest absolute Gasteiger partial charge is 0.490 e. The van der Waals surface area contributed by atoms with Crippen molar-refractivity contribution in [3.8, 4) is 11.5 Å². The molecule has 31 heavy (non-hydrogen) atoms. The van der Waals surface area contributed by atoms with E-state index in [1.165, 1.54) is 0 Å². The fourth-order valence-corrected chi connectivity index (χ4v) is 4.04. The number of amides is 2. The van der Waals surface area contributed by atoms with Crippen LogP contribution < -0.4 is 14.8 Å². The molecule has 1 atom stereocenters. The standard InChI is InChI=1S/C23H27BrN2O5/c1-4-30-20-11-15-8-9-26(23(29)25-16-6-7-18(24)14(3)10-16)19(13-22(27)28)17(15)12-21(20)31-5-2/h6-7,10-12,19H,4-5,8-9,13H2,1-3H3,(H,25,29)(H,27,28)/t19-/m1/s1. The zero-order chi connectivity index (χ0) is 22.5. The zero-order valence-electron chi connectivity index (χ0n) is 17.9. The van der Waals surface area contributed by atoms with Crippen LogP contribution in [0.15, 0.2) is 34.8 Å². The number of carboxylic acid groups (broad SMARTS) is 1. The van der Waals surface area contributed by atoms with E-state index in [0.29, 0.717) is 43.4 Å². The van der Waals surface area contributed by atoms with Crippen molar-refractivity contribution in [2.75, 3.05) is 25.1 Å². The molecule has 3 rings (SSSR count). The van der Waals surface area contributed by atoms with Gasteiger partial charge in [0.25, 0.3) is 0 Å². The van der Waals surface area contributed by atoms with E-state index in [0.717, 1.165) is 21.2 Å². The van der Waals surface area contributed by atoms with Gasteiger partial charge < -0.3 is 24.8 Å². The Morgan fingerprint density at radius 3 is 2.45 bits per heavy atom. The van der Waals surface area contributed by atoms with Crippen LogP contribution in [0, 0.1) is 6.92 Å². The lowest BCUT2D eigenvalue weighted by atomic mass is 9.90. The topological polar surface area (TPSA) is 88.1 Å². The van der Waals surface area contributed by atoms with E-state index in [1.54, 1.807) is 11.0 Å². The summed E-state index contributed by atoms with van der Waals surface area (Å²) in [6.45, 7) is 7.08. The predicted octanol–water partition coefficient (Wildman–Crippen LogP) is 5.16. The monoisotopic (exact) mass is 490 g/mol. The van der Waals surface area contributed by atoms with Gasteiger partial charge >= 0.3 is 12.0 Å². The molecule has 0 unspecified atom stereocenters. The maximum Gasteiger partial charge on any atom is 0.322 e. The van der Waals surface area contributed by atoms with Gasteiger partial charge in [-0.25, -0.2) is 4.79 Å². The van der Waals surface area contributed by atoms with Crippen molar-refractivity contribution >= 4 is 33.6 Å². The normalized spacial score (nSPS) is 15.2. The third-order valence-electron chi connectivity index (χ3n) is 5.20. The van der Waals surface area contributed by atoms with E-state index in [2.05, 4.69) is 21.2 Å². The smallest absolute Gasteiger partial charge is 0.322 e. The molecule has 0 saturated heterocycles. The summed E-state index contributed by atoms with van der Waals surface area (Å²) in [6.07, 6.45) is 0.407. The number of aliphatic carboxylic acids is 1. The Kier molecular flexibility index (Phi) is 7.43. The maximum absolute atomic E-state index is 13.1. The number of halogens is 1. The fraction of sp³-hybridized carbons (Fsp3) is 0.391. The average molecular weight is 491 g/mol. The molecular weight excluding hydrogens is 464 g/mol. The van der Waals surface area contributed by atoms with Crippen molar-refractivity contribution in [2.45, 2.75) is 39.7 Å². The van der Waals surface area contributed by atoms with Gasteiger partial charge in [0, 0.05) is 16.7 Å². The quantitative estimate of drug-likeness (QED) is 0.559. The third kappa shape index (κ3) is 5.31. The van der Waals surface area contributed by atoms with Crippen molar-refractivity contribution in [1.82, 2.24) is 4.90 Å². The lowest BCUT2D eigenvalue weighted by molar-refractivity contribution is -0.138. The molecule has 2 amide bonds. The van der Waals surface area contributed by atoms with Crippen LogP contribution in [0.5, 0.6) is 11.5 Å². The number of fused-ring (bicyclic) bond motifs is 1. The number of carboxylic acids is 1. The van der Waals surface area contributed by atoms with Gasteiger partial charge in [-0.05, 0) is 74.2 Å². The first-order valence-corrected chi connectivity index (χ1v) is 11.1. The molecule has 0 aromatic heterocycles. The molecule has 0 fully saturated rings. The summed E-state index contributed by atoms with van der Waals surface area (Å²) in [5.41, 5.74) is 3.41. The molecule has 1 aliphatic rings. The molecule has 0 radical (unpaired) electrons. The van der Waals surface area contributed by atoms with E-state index >= 15 is 0 Å². The predicted molar refractivity (Wildman–Crippen MR) is 122 cm³/mol. The molecule has 166 valence electrons. The Labute approximate surface area is 190 Å². The lowest BCUT2D eigenvalue weighted by Gasteiger charge is -2.37. The van der Waals surface area contributed by atoms with Crippen molar-refractivity contribution in [3.05, 3.63) is 51.5 Å². The second-order valence-electron chi connectivity index (χ2n) is 7.31. The summed E-state index contributed by atoms with van der Waals surface area (Å²) in [7, 11) is 0. The molecule has 2 N–H and O–H groups in total. The number of benzene rings is 2. The van der Waals surface area contributed by atoms with E-state index < -0.39 is 12.0 Å². The molecule has 2 aromatic rings. The number of carbonyl (C=O) groups is 2. The molecular formula is C23H27BrN2O5. The van der Waals surface area contributed by atoms with Crippen LogP contribution in [-0.2, 0) is 11.2 Å². The highest BCUT2D eigenvalue weighted by molar-refractivity contribution is 9.10. The number of nitrogens with one attached hydrogen (secondary N) is 1. The molecule has 0 bridgehead atoms. The summed E-state index contributed by atoms with van der Waals surface area (Å²) >= 11 is 3.45. The van der Waals surface area contributed by atoms with Crippen LogP contribution in [-0.4, -0.2) is 41.8 Å². The fourth-order valence-electron chi connectivity index (χ4n) is 3.79. The first-order valence-electron chi connectivity index (χ1n) is 10.3. The van der Waals surface area contributed by atoms with Crippen LogP contribution in [0.2, 0.25) is 0 Å². The number of anilines is 1. The molecule has 0 spiro atoms. The highest BCUT2D eigenvalue weighted by Crippen LogP contribution is 2.40. The molecule has 7 nitrogen and oxygen atoms in total. The number of carbonyl (C=O) groups excluding carboxylic acids is 1. The van der Waals surface area contributed by atoms with E-state index in [9.17, 15) is 14.7 Å². The van der Waals surface area contributed by atoms with Gasteiger partial charge in [0.15, 0.2) is 11.5 Å². The third-order valence-corrected chi connectivity index (χ3v) is 6.09. The molecule has 2 aromatic carbocycles. The Balaban J connectivity index is 1.94. The van der Waals surface area contributed by atoms with Gasteiger partial charge in [-0.15, -0.1) is 0 Å². The minimum atomic E-state index is -0.970. The van der Waals surface area contributed by atoms with Crippen molar-refractivity contribution < 1.29 is 24.2 Å². The SMILES string of the molecule is CCOc1cc2c(cc1OCC)[C@@H](CC(=O)O)N(C(=O)Nc1ccc(Br)c(C)c1)CC2. The van der Waals surface area contributed by atoms with E-state index in [-0.39, 0.29) is 12.5 Å². The summed E-state index contributed by atoms with van der Waals surface area (Å²) in [4.78, 5) is 26.3. The highest BCUT2D eigenvalue weighted by atomic mass is 79.9. The van der Waals surface area contributed by atoms with Crippen molar-refractivity contribution in [1.29, 1.82) is 0 Å². The molecule has 0 aliphatic carbocycles. The minimum Gasteiger partial charge on any atom is -0.490 e. The Bertz CT molecular complexity index is 979. The summed E-state index contributed by atoms with van der Waals surface area (Å²) in [5, 5.41) is 12.4. The number of rotatable bonds is 7. The second-order valence-corrected chi connectivity index (χ2v) is 8.17. The van der Waals surface area contributed by atoms with Crippen LogP contribution in [0.25, 0.3) is 0 Å². The highest BCUT2D eigenvalue weighted by Gasteiger charge is 2.34.